The number of nitrogens with one attached hydrogen (secondary N) is 1. The lowest BCUT2D eigenvalue weighted by Crippen LogP contribution is -2.39. The first kappa shape index (κ1) is 16.2. The first-order chi connectivity index (χ1) is 11.5. The Morgan fingerprint density at radius 1 is 1.12 bits per heavy atom. The minimum atomic E-state index is -0.636. The summed E-state index contributed by atoms with van der Waals surface area (Å²) in [4.78, 5) is 12.6. The second kappa shape index (κ2) is 6.43. The van der Waals surface area contributed by atoms with Gasteiger partial charge < -0.3 is 19.5 Å². The van der Waals surface area contributed by atoms with Crippen molar-refractivity contribution in [3.05, 3.63) is 53.6 Å². The van der Waals surface area contributed by atoms with Crippen molar-refractivity contribution in [2.75, 3.05) is 13.9 Å². The third kappa shape index (κ3) is 3.15. The fraction of sp³-hybridized carbons (Fsp3) is 0.316. The average Bonchev–Trinajstić information content (AvgIpc) is 3.07. The topological polar surface area (TPSA) is 56.8 Å². The van der Waals surface area contributed by atoms with Crippen molar-refractivity contribution in [1.29, 1.82) is 0 Å². The molecule has 0 aromatic heterocycles. The highest BCUT2D eigenvalue weighted by atomic mass is 16.7. The summed E-state index contributed by atoms with van der Waals surface area (Å²) in [5, 5.41) is 2.99. The van der Waals surface area contributed by atoms with E-state index in [0.717, 1.165) is 28.4 Å². The first-order valence-electron chi connectivity index (χ1n) is 7.82. The van der Waals surface area contributed by atoms with Crippen molar-refractivity contribution in [2.45, 2.75) is 25.8 Å². The van der Waals surface area contributed by atoms with Gasteiger partial charge in [-0.15, -0.1) is 0 Å². The molecule has 0 aliphatic carbocycles. The summed E-state index contributed by atoms with van der Waals surface area (Å²) in [5.74, 6) is 2.19. The maximum absolute atomic E-state index is 12.6. The summed E-state index contributed by atoms with van der Waals surface area (Å²) < 4.78 is 15.8. The molecule has 3 rings (SSSR count). The summed E-state index contributed by atoms with van der Waals surface area (Å²) in [6.07, 6.45) is 0. The highest BCUT2D eigenvalue weighted by Gasteiger charge is 2.29. The molecule has 0 saturated heterocycles. The van der Waals surface area contributed by atoms with E-state index >= 15 is 0 Å². The van der Waals surface area contributed by atoms with Crippen LogP contribution in [0.25, 0.3) is 0 Å². The lowest BCUT2D eigenvalue weighted by molar-refractivity contribution is -0.125. The largest absolute Gasteiger partial charge is 0.497 e. The van der Waals surface area contributed by atoms with Crippen LogP contribution in [0.4, 0.5) is 0 Å². The fourth-order valence-corrected chi connectivity index (χ4v) is 2.59. The number of ether oxygens (including phenoxy) is 3. The van der Waals surface area contributed by atoms with E-state index in [2.05, 4.69) is 5.32 Å². The van der Waals surface area contributed by atoms with Crippen LogP contribution in [0.3, 0.4) is 0 Å². The van der Waals surface area contributed by atoms with E-state index < -0.39 is 5.41 Å². The van der Waals surface area contributed by atoms with Crippen molar-refractivity contribution in [3.63, 3.8) is 0 Å². The molecular weight excluding hydrogens is 306 g/mol. The molecule has 0 radical (unpaired) electrons. The van der Waals surface area contributed by atoms with Gasteiger partial charge >= 0.3 is 0 Å². The van der Waals surface area contributed by atoms with E-state index in [1.54, 1.807) is 7.11 Å². The lowest BCUT2D eigenvalue weighted by atomic mass is 9.83. The number of carbonyl (C=O) groups excluding carboxylic acids is 1. The number of hydrogen-bond acceptors (Lipinski definition) is 4. The number of benzene rings is 2. The molecule has 126 valence electrons. The number of amides is 1. The first-order valence-corrected chi connectivity index (χ1v) is 7.82. The highest BCUT2D eigenvalue weighted by Crippen LogP contribution is 2.32. The monoisotopic (exact) mass is 327 g/mol. The molecule has 0 saturated carbocycles. The zero-order valence-corrected chi connectivity index (χ0v) is 14.1. The van der Waals surface area contributed by atoms with Crippen molar-refractivity contribution < 1.29 is 19.0 Å². The van der Waals surface area contributed by atoms with Gasteiger partial charge in [-0.1, -0.05) is 18.2 Å². The normalized spacial score (nSPS) is 12.8. The molecule has 2 aromatic carbocycles. The van der Waals surface area contributed by atoms with Crippen LogP contribution in [0.5, 0.6) is 17.2 Å². The van der Waals surface area contributed by atoms with Crippen LogP contribution >= 0.6 is 0 Å². The molecule has 24 heavy (non-hydrogen) atoms. The zero-order valence-electron chi connectivity index (χ0n) is 14.1. The van der Waals surface area contributed by atoms with Crippen LogP contribution in [0.15, 0.2) is 42.5 Å². The van der Waals surface area contributed by atoms with Crippen LogP contribution in [-0.4, -0.2) is 19.8 Å². The molecule has 1 amide bonds. The third-order valence-electron chi connectivity index (χ3n) is 4.27. The Morgan fingerprint density at radius 2 is 1.83 bits per heavy atom. The molecule has 1 N–H and O–H groups in total. The number of carbonyl (C=O) groups is 1. The summed E-state index contributed by atoms with van der Waals surface area (Å²) in [6.45, 7) is 4.50. The van der Waals surface area contributed by atoms with Gasteiger partial charge in [-0.25, -0.2) is 0 Å². The predicted octanol–water partition coefficient (Wildman–Crippen LogP) is 3.02. The van der Waals surface area contributed by atoms with Crippen molar-refractivity contribution in [2.24, 2.45) is 0 Å². The summed E-state index contributed by atoms with van der Waals surface area (Å²) in [7, 11) is 1.62. The Hall–Kier alpha value is -2.69. The highest BCUT2D eigenvalue weighted by molar-refractivity contribution is 5.87. The van der Waals surface area contributed by atoms with Crippen LogP contribution in [0, 0.1) is 0 Å². The maximum atomic E-state index is 12.6. The maximum Gasteiger partial charge on any atom is 0.231 e. The van der Waals surface area contributed by atoms with Gasteiger partial charge in [0.25, 0.3) is 0 Å². The Kier molecular flexibility index (Phi) is 4.34. The molecular formula is C19H21NO4. The Balaban J connectivity index is 1.66. The van der Waals surface area contributed by atoms with Gasteiger partial charge in [0, 0.05) is 6.54 Å². The molecule has 1 heterocycles. The summed E-state index contributed by atoms with van der Waals surface area (Å²) >= 11 is 0. The molecule has 5 heteroatoms. The minimum Gasteiger partial charge on any atom is -0.497 e. The second-order valence-corrected chi connectivity index (χ2v) is 6.22. The van der Waals surface area contributed by atoms with Gasteiger partial charge in [-0.3, -0.25) is 4.79 Å². The molecule has 0 bridgehead atoms. The van der Waals surface area contributed by atoms with Crippen molar-refractivity contribution >= 4 is 5.91 Å². The standard InChI is InChI=1S/C19H21NO4/c1-19(2,14-5-7-15(22-3)8-6-14)18(21)20-11-13-4-9-16-17(10-13)24-12-23-16/h4-10H,11-12H2,1-3H3,(H,20,21). The van der Waals surface area contributed by atoms with E-state index in [1.165, 1.54) is 0 Å². The quantitative estimate of drug-likeness (QED) is 0.917. The Morgan fingerprint density at radius 3 is 2.54 bits per heavy atom. The van der Waals surface area contributed by atoms with Gasteiger partial charge in [-0.2, -0.15) is 0 Å². The van der Waals surface area contributed by atoms with Gasteiger partial charge in [0.1, 0.15) is 5.75 Å². The van der Waals surface area contributed by atoms with E-state index in [0.29, 0.717) is 6.54 Å². The van der Waals surface area contributed by atoms with Crippen LogP contribution < -0.4 is 19.5 Å². The Labute approximate surface area is 141 Å². The SMILES string of the molecule is COc1ccc(C(C)(C)C(=O)NCc2ccc3c(c2)OCO3)cc1. The van der Waals surface area contributed by atoms with Crippen LogP contribution in [0.2, 0.25) is 0 Å². The van der Waals surface area contributed by atoms with E-state index in [1.807, 2.05) is 56.3 Å². The van der Waals surface area contributed by atoms with E-state index in [4.69, 9.17) is 14.2 Å². The molecule has 5 nitrogen and oxygen atoms in total. The molecule has 1 aliphatic heterocycles. The Bertz CT molecular complexity index is 738. The van der Waals surface area contributed by atoms with Crippen LogP contribution in [0.1, 0.15) is 25.0 Å². The van der Waals surface area contributed by atoms with Gasteiger partial charge in [-0.05, 0) is 49.2 Å². The molecule has 0 unspecified atom stereocenters. The van der Waals surface area contributed by atoms with Gasteiger partial charge in [0.2, 0.25) is 12.7 Å². The third-order valence-corrected chi connectivity index (χ3v) is 4.27. The molecule has 0 atom stereocenters. The minimum absolute atomic E-state index is 0.0367. The molecule has 0 fully saturated rings. The number of methoxy groups -OCH3 is 1. The zero-order chi connectivity index (χ0) is 17.2. The van der Waals surface area contributed by atoms with Crippen molar-refractivity contribution in [1.82, 2.24) is 5.32 Å². The predicted molar refractivity (Wildman–Crippen MR) is 90.4 cm³/mol. The van der Waals surface area contributed by atoms with E-state index in [-0.39, 0.29) is 12.7 Å². The van der Waals surface area contributed by atoms with Crippen molar-refractivity contribution in [3.8, 4) is 17.2 Å². The molecule has 0 spiro atoms. The molecule has 2 aromatic rings. The second-order valence-electron chi connectivity index (χ2n) is 6.22. The smallest absolute Gasteiger partial charge is 0.231 e. The summed E-state index contributed by atoms with van der Waals surface area (Å²) in [6, 6.07) is 13.2. The van der Waals surface area contributed by atoms with Gasteiger partial charge in [0.15, 0.2) is 11.5 Å². The number of rotatable bonds is 5. The number of fused-ring (bicyclic) bond motifs is 1. The van der Waals surface area contributed by atoms with E-state index in [9.17, 15) is 4.79 Å². The molecule has 1 aliphatic rings. The average molecular weight is 327 g/mol. The fourth-order valence-electron chi connectivity index (χ4n) is 2.59. The number of hydrogen-bond donors (Lipinski definition) is 1. The van der Waals surface area contributed by atoms with Gasteiger partial charge in [0.05, 0.1) is 12.5 Å². The van der Waals surface area contributed by atoms with Crippen LogP contribution in [-0.2, 0) is 16.8 Å². The lowest BCUT2D eigenvalue weighted by Gasteiger charge is -2.24. The summed E-state index contributed by atoms with van der Waals surface area (Å²) in [5.41, 5.74) is 1.27.